The van der Waals surface area contributed by atoms with E-state index in [4.69, 9.17) is 4.99 Å². The van der Waals surface area contributed by atoms with Crippen molar-refractivity contribution >= 4 is 29.9 Å². The van der Waals surface area contributed by atoms with E-state index in [-0.39, 0.29) is 24.0 Å². The largest absolute Gasteiger partial charge is 0.357 e. The predicted molar refractivity (Wildman–Crippen MR) is 117 cm³/mol. The second kappa shape index (κ2) is 9.90. The molecular formula is C19H35IN6. The number of halogens is 1. The zero-order valence-corrected chi connectivity index (χ0v) is 18.9. The highest BCUT2D eigenvalue weighted by molar-refractivity contribution is 14.0. The van der Waals surface area contributed by atoms with Crippen LogP contribution in [-0.2, 0) is 19.5 Å². The van der Waals surface area contributed by atoms with Gasteiger partial charge in [0.1, 0.15) is 12.4 Å². The topological polar surface area (TPSA) is 67.1 Å². The van der Waals surface area contributed by atoms with Crippen molar-refractivity contribution in [2.24, 2.45) is 16.3 Å². The van der Waals surface area contributed by atoms with Crippen molar-refractivity contribution in [3.8, 4) is 0 Å². The fraction of sp³-hybridized carbons (Fsp3) is 0.842. The van der Waals surface area contributed by atoms with Crippen molar-refractivity contribution < 1.29 is 0 Å². The summed E-state index contributed by atoms with van der Waals surface area (Å²) in [6.45, 7) is 10.3. The maximum absolute atomic E-state index is 4.78. The van der Waals surface area contributed by atoms with Crippen molar-refractivity contribution in [2.45, 2.75) is 78.8 Å². The van der Waals surface area contributed by atoms with Crippen molar-refractivity contribution in [1.29, 1.82) is 0 Å². The average Bonchev–Trinajstić information content (AvgIpc) is 3.27. The summed E-state index contributed by atoms with van der Waals surface area (Å²) in [5.74, 6) is 3.76. The van der Waals surface area contributed by atoms with E-state index in [0.29, 0.717) is 12.0 Å². The van der Waals surface area contributed by atoms with Gasteiger partial charge in [-0.25, -0.2) is 4.99 Å². The molecule has 1 aliphatic carbocycles. The summed E-state index contributed by atoms with van der Waals surface area (Å²) in [6.07, 6.45) is 8.95. The van der Waals surface area contributed by atoms with E-state index >= 15 is 0 Å². The van der Waals surface area contributed by atoms with E-state index in [1.165, 1.54) is 38.5 Å². The molecule has 0 aromatic carbocycles. The fourth-order valence-electron chi connectivity index (χ4n) is 4.53. The maximum Gasteiger partial charge on any atom is 0.191 e. The first-order chi connectivity index (χ1) is 12.1. The van der Waals surface area contributed by atoms with Gasteiger partial charge in [-0.05, 0) is 43.9 Å². The molecule has 1 aromatic heterocycles. The van der Waals surface area contributed by atoms with Crippen LogP contribution in [0.1, 0.15) is 70.9 Å². The minimum atomic E-state index is 0. The van der Waals surface area contributed by atoms with Crippen LogP contribution in [0, 0.1) is 11.3 Å². The Hall–Kier alpha value is -0.860. The molecule has 7 heteroatoms. The Balaban J connectivity index is 0.00000243. The fourth-order valence-corrected chi connectivity index (χ4v) is 4.53. The van der Waals surface area contributed by atoms with Crippen LogP contribution in [0.5, 0.6) is 0 Å². The molecule has 2 N–H and O–H groups in total. The Morgan fingerprint density at radius 1 is 1.19 bits per heavy atom. The number of hydrogen-bond acceptors (Lipinski definition) is 3. The highest BCUT2D eigenvalue weighted by atomic mass is 127. The van der Waals surface area contributed by atoms with Crippen molar-refractivity contribution in [3.63, 3.8) is 0 Å². The van der Waals surface area contributed by atoms with Gasteiger partial charge in [-0.15, -0.1) is 34.2 Å². The first-order valence-electron chi connectivity index (χ1n) is 10.0. The third-order valence-corrected chi connectivity index (χ3v) is 5.55. The quantitative estimate of drug-likeness (QED) is 0.361. The minimum Gasteiger partial charge on any atom is -0.357 e. The normalized spacial score (nSPS) is 18.7. The molecule has 2 aliphatic rings. The molecule has 26 heavy (non-hydrogen) atoms. The SMILES string of the molecule is CCNC(=NCc1nnc2n1CCC2)NCC1(CC(C)C)CCCC1.I. The van der Waals surface area contributed by atoms with E-state index in [2.05, 4.69) is 46.2 Å². The molecule has 6 nitrogen and oxygen atoms in total. The van der Waals surface area contributed by atoms with Gasteiger partial charge in [0.05, 0.1) is 0 Å². The van der Waals surface area contributed by atoms with Gasteiger partial charge in [-0.1, -0.05) is 26.7 Å². The lowest BCUT2D eigenvalue weighted by molar-refractivity contribution is 0.234. The molecule has 0 atom stereocenters. The van der Waals surface area contributed by atoms with Crippen LogP contribution >= 0.6 is 24.0 Å². The number of fused-ring (bicyclic) bond motifs is 1. The number of aryl methyl sites for hydroxylation is 1. The van der Waals surface area contributed by atoms with E-state index < -0.39 is 0 Å². The summed E-state index contributed by atoms with van der Waals surface area (Å²) in [7, 11) is 0. The molecule has 0 amide bonds. The zero-order valence-electron chi connectivity index (χ0n) is 16.6. The van der Waals surface area contributed by atoms with Gasteiger partial charge >= 0.3 is 0 Å². The van der Waals surface area contributed by atoms with E-state index in [0.717, 1.165) is 49.6 Å². The molecule has 0 radical (unpaired) electrons. The molecule has 2 heterocycles. The Kier molecular flexibility index (Phi) is 8.16. The number of aliphatic imine (C=N–C) groups is 1. The van der Waals surface area contributed by atoms with Crippen LogP contribution in [0.15, 0.2) is 4.99 Å². The third kappa shape index (κ3) is 5.33. The Bertz CT molecular complexity index is 589. The van der Waals surface area contributed by atoms with Crippen molar-refractivity contribution in [3.05, 3.63) is 11.6 Å². The number of hydrogen-bond donors (Lipinski definition) is 2. The minimum absolute atomic E-state index is 0. The van der Waals surface area contributed by atoms with E-state index in [1.54, 1.807) is 0 Å². The molecule has 0 spiro atoms. The predicted octanol–water partition coefficient (Wildman–Crippen LogP) is 3.50. The summed E-state index contributed by atoms with van der Waals surface area (Å²) in [5.41, 5.74) is 0.445. The molecule has 0 unspecified atom stereocenters. The van der Waals surface area contributed by atoms with Crippen LogP contribution in [0.3, 0.4) is 0 Å². The summed E-state index contributed by atoms with van der Waals surface area (Å²) in [5, 5.41) is 15.6. The third-order valence-electron chi connectivity index (χ3n) is 5.55. The number of nitrogens with one attached hydrogen (secondary N) is 2. The molecule has 1 aliphatic heterocycles. The molecule has 0 bridgehead atoms. The molecule has 1 aromatic rings. The van der Waals surface area contributed by atoms with Crippen LogP contribution in [0.25, 0.3) is 0 Å². The Morgan fingerprint density at radius 3 is 2.65 bits per heavy atom. The highest BCUT2D eigenvalue weighted by Gasteiger charge is 2.34. The number of guanidine groups is 1. The smallest absolute Gasteiger partial charge is 0.191 e. The van der Waals surface area contributed by atoms with Gasteiger partial charge < -0.3 is 15.2 Å². The molecule has 1 saturated carbocycles. The lowest BCUT2D eigenvalue weighted by atomic mass is 9.78. The molecule has 148 valence electrons. The second-order valence-corrected chi connectivity index (χ2v) is 8.14. The number of nitrogens with zero attached hydrogens (tertiary/aromatic N) is 4. The second-order valence-electron chi connectivity index (χ2n) is 8.14. The Labute approximate surface area is 175 Å². The first kappa shape index (κ1) is 21.4. The molecule has 1 fully saturated rings. The summed E-state index contributed by atoms with van der Waals surface area (Å²) < 4.78 is 2.23. The standard InChI is InChI=1S/C19H34N6.HI/c1-4-20-18(21-13-17-24-23-16-8-7-11-25(16)17)22-14-19(12-15(2)3)9-5-6-10-19;/h15H,4-14H2,1-3H3,(H2,20,21,22);1H. The lowest BCUT2D eigenvalue weighted by Crippen LogP contribution is -2.43. The van der Waals surface area contributed by atoms with Crippen LogP contribution in [0.4, 0.5) is 0 Å². The zero-order chi connectivity index (χ0) is 17.7. The van der Waals surface area contributed by atoms with Crippen molar-refractivity contribution in [1.82, 2.24) is 25.4 Å². The van der Waals surface area contributed by atoms with Gasteiger partial charge in [0.15, 0.2) is 11.8 Å². The van der Waals surface area contributed by atoms with Gasteiger partial charge in [0.25, 0.3) is 0 Å². The highest BCUT2D eigenvalue weighted by Crippen LogP contribution is 2.42. The van der Waals surface area contributed by atoms with Crippen LogP contribution < -0.4 is 10.6 Å². The monoisotopic (exact) mass is 474 g/mol. The number of rotatable bonds is 7. The summed E-state index contributed by atoms with van der Waals surface area (Å²) >= 11 is 0. The molecule has 3 rings (SSSR count). The Morgan fingerprint density at radius 2 is 1.96 bits per heavy atom. The average molecular weight is 474 g/mol. The van der Waals surface area contributed by atoms with Gasteiger partial charge in [-0.3, -0.25) is 0 Å². The maximum atomic E-state index is 4.78. The first-order valence-corrected chi connectivity index (χ1v) is 10.0. The summed E-state index contributed by atoms with van der Waals surface area (Å²) in [4.78, 5) is 4.78. The van der Waals surface area contributed by atoms with Crippen LogP contribution in [0.2, 0.25) is 0 Å². The van der Waals surface area contributed by atoms with Gasteiger partial charge in [0.2, 0.25) is 0 Å². The molecule has 0 saturated heterocycles. The van der Waals surface area contributed by atoms with E-state index in [1.807, 2.05) is 0 Å². The summed E-state index contributed by atoms with van der Waals surface area (Å²) in [6, 6.07) is 0. The van der Waals surface area contributed by atoms with Crippen molar-refractivity contribution in [2.75, 3.05) is 13.1 Å². The van der Waals surface area contributed by atoms with Gasteiger partial charge in [-0.2, -0.15) is 0 Å². The van der Waals surface area contributed by atoms with Crippen LogP contribution in [-0.4, -0.2) is 33.8 Å². The molecular weight excluding hydrogens is 439 g/mol. The lowest BCUT2D eigenvalue weighted by Gasteiger charge is -2.32. The number of aromatic nitrogens is 3. The van der Waals surface area contributed by atoms with E-state index in [9.17, 15) is 0 Å². The van der Waals surface area contributed by atoms with Gasteiger partial charge in [0, 0.05) is 26.1 Å².